The number of carbonyl (C=O) groups is 2. The Morgan fingerprint density at radius 3 is 2.95 bits per heavy atom. The van der Waals surface area contributed by atoms with Crippen molar-refractivity contribution in [1.29, 1.82) is 0 Å². The molecule has 0 aliphatic carbocycles. The summed E-state index contributed by atoms with van der Waals surface area (Å²) in [7, 11) is 0. The number of hydrogen-bond donors (Lipinski definition) is 2. The first-order valence-corrected chi connectivity index (χ1v) is 6.49. The Hall–Kier alpha value is -2.30. The third kappa shape index (κ3) is 2.99. The predicted octanol–water partition coefficient (Wildman–Crippen LogP) is 1.70. The molecule has 20 heavy (non-hydrogen) atoms. The van der Waals surface area contributed by atoms with Crippen molar-refractivity contribution in [3.05, 3.63) is 42.5 Å². The highest BCUT2D eigenvalue weighted by Gasteiger charge is 2.30. The first-order valence-electron chi connectivity index (χ1n) is 6.49. The summed E-state index contributed by atoms with van der Waals surface area (Å²) in [5.41, 5.74) is 0.805. The maximum absolute atomic E-state index is 12.3. The van der Waals surface area contributed by atoms with Crippen LogP contribution in [-0.2, 0) is 9.59 Å². The molecule has 0 radical (unpaired) electrons. The van der Waals surface area contributed by atoms with Crippen molar-refractivity contribution < 1.29 is 19.4 Å². The smallest absolute Gasteiger partial charge is 0.326 e. The van der Waals surface area contributed by atoms with Gasteiger partial charge in [-0.25, -0.2) is 4.79 Å². The Labute approximate surface area is 117 Å². The number of aliphatic carboxylic acids is 1. The first-order chi connectivity index (χ1) is 9.63. The molecule has 106 valence electrons. The molecule has 1 amide bonds. The number of fused-ring (bicyclic) bond motifs is 1. The zero-order valence-electron chi connectivity index (χ0n) is 11.0. The summed E-state index contributed by atoms with van der Waals surface area (Å²) in [6, 6.07) is 6.40. The van der Waals surface area contributed by atoms with E-state index in [0.717, 1.165) is 5.56 Å². The molecule has 0 bridgehead atoms. The molecule has 0 aromatic heterocycles. The monoisotopic (exact) mass is 275 g/mol. The Morgan fingerprint density at radius 2 is 2.25 bits per heavy atom. The SMILES string of the molecule is C=CCC(NC(=O)C1CCOc2ccccc21)C(=O)O. The van der Waals surface area contributed by atoms with Crippen LogP contribution in [0.4, 0.5) is 0 Å². The highest BCUT2D eigenvalue weighted by atomic mass is 16.5. The second-order valence-electron chi connectivity index (χ2n) is 4.65. The lowest BCUT2D eigenvalue weighted by Crippen LogP contribution is -2.43. The summed E-state index contributed by atoms with van der Waals surface area (Å²) in [6.07, 6.45) is 2.23. The summed E-state index contributed by atoms with van der Waals surface area (Å²) in [4.78, 5) is 23.4. The number of para-hydroxylation sites is 1. The average molecular weight is 275 g/mol. The van der Waals surface area contributed by atoms with Gasteiger partial charge in [0, 0.05) is 5.56 Å². The Bertz CT molecular complexity index is 526. The van der Waals surface area contributed by atoms with E-state index in [9.17, 15) is 9.59 Å². The molecule has 1 aromatic carbocycles. The molecule has 5 nitrogen and oxygen atoms in total. The summed E-state index contributed by atoms with van der Waals surface area (Å²) in [5, 5.41) is 11.6. The Morgan fingerprint density at radius 1 is 1.50 bits per heavy atom. The van der Waals surface area contributed by atoms with E-state index in [0.29, 0.717) is 18.8 Å². The predicted molar refractivity (Wildman–Crippen MR) is 73.7 cm³/mol. The van der Waals surface area contributed by atoms with Crippen LogP contribution in [0, 0.1) is 0 Å². The number of nitrogens with one attached hydrogen (secondary N) is 1. The molecular weight excluding hydrogens is 258 g/mol. The number of hydrogen-bond acceptors (Lipinski definition) is 3. The lowest BCUT2D eigenvalue weighted by atomic mass is 9.92. The fraction of sp³-hybridized carbons (Fsp3) is 0.333. The number of carboxylic acid groups (broad SMARTS) is 1. The maximum Gasteiger partial charge on any atom is 0.326 e. The molecule has 0 fully saturated rings. The number of rotatable bonds is 5. The summed E-state index contributed by atoms with van der Waals surface area (Å²) in [6.45, 7) is 3.96. The molecule has 0 spiro atoms. The highest BCUT2D eigenvalue weighted by Crippen LogP contribution is 2.33. The summed E-state index contributed by atoms with van der Waals surface area (Å²) >= 11 is 0. The van der Waals surface area contributed by atoms with Crippen LogP contribution in [0.2, 0.25) is 0 Å². The highest BCUT2D eigenvalue weighted by molar-refractivity contribution is 5.88. The Balaban J connectivity index is 2.14. The third-order valence-electron chi connectivity index (χ3n) is 3.29. The van der Waals surface area contributed by atoms with Gasteiger partial charge in [0.25, 0.3) is 0 Å². The molecule has 1 aromatic rings. The standard InChI is InChI=1S/C15H17NO4/c1-2-5-12(15(18)19)16-14(17)11-8-9-20-13-7-4-3-6-10(11)13/h2-4,6-7,11-12H,1,5,8-9H2,(H,16,17)(H,18,19). The van der Waals surface area contributed by atoms with Gasteiger partial charge >= 0.3 is 5.97 Å². The number of carboxylic acids is 1. The molecule has 1 aliphatic rings. The van der Waals surface area contributed by atoms with E-state index in [1.54, 1.807) is 0 Å². The topological polar surface area (TPSA) is 75.6 Å². The second kappa shape index (κ2) is 6.23. The van der Waals surface area contributed by atoms with Crippen LogP contribution >= 0.6 is 0 Å². The molecule has 1 heterocycles. The van der Waals surface area contributed by atoms with Crippen LogP contribution in [0.1, 0.15) is 24.3 Å². The van der Waals surface area contributed by atoms with Gasteiger partial charge in [0.2, 0.25) is 5.91 Å². The van der Waals surface area contributed by atoms with E-state index in [1.807, 2.05) is 24.3 Å². The number of amides is 1. The normalized spacial score (nSPS) is 18.3. The van der Waals surface area contributed by atoms with Gasteiger partial charge in [-0.1, -0.05) is 24.3 Å². The number of benzene rings is 1. The van der Waals surface area contributed by atoms with Crippen molar-refractivity contribution in [3.8, 4) is 5.75 Å². The van der Waals surface area contributed by atoms with Gasteiger partial charge in [0.05, 0.1) is 12.5 Å². The second-order valence-corrected chi connectivity index (χ2v) is 4.65. The number of carbonyl (C=O) groups excluding carboxylic acids is 1. The van der Waals surface area contributed by atoms with E-state index in [-0.39, 0.29) is 18.2 Å². The molecule has 0 saturated heterocycles. The zero-order valence-corrected chi connectivity index (χ0v) is 11.0. The van der Waals surface area contributed by atoms with Crippen molar-refractivity contribution in [3.63, 3.8) is 0 Å². The van der Waals surface area contributed by atoms with Crippen LogP contribution in [0.25, 0.3) is 0 Å². The van der Waals surface area contributed by atoms with Gasteiger partial charge in [-0.2, -0.15) is 0 Å². The number of ether oxygens (including phenoxy) is 1. The Kier molecular flexibility index (Phi) is 4.40. The maximum atomic E-state index is 12.3. The van der Waals surface area contributed by atoms with Crippen LogP contribution in [-0.4, -0.2) is 29.6 Å². The van der Waals surface area contributed by atoms with Crippen LogP contribution in [0.5, 0.6) is 5.75 Å². The van der Waals surface area contributed by atoms with Gasteiger partial charge in [0.15, 0.2) is 0 Å². The van der Waals surface area contributed by atoms with Crippen LogP contribution < -0.4 is 10.1 Å². The largest absolute Gasteiger partial charge is 0.493 e. The quantitative estimate of drug-likeness (QED) is 0.802. The van der Waals surface area contributed by atoms with Gasteiger partial charge < -0.3 is 15.2 Å². The molecule has 2 unspecified atom stereocenters. The van der Waals surface area contributed by atoms with Crippen molar-refractivity contribution in [2.24, 2.45) is 0 Å². The molecule has 2 atom stereocenters. The summed E-state index contributed by atoms with van der Waals surface area (Å²) in [5.74, 6) is -1.02. The van der Waals surface area contributed by atoms with Gasteiger partial charge in [0.1, 0.15) is 11.8 Å². The van der Waals surface area contributed by atoms with E-state index >= 15 is 0 Å². The lowest BCUT2D eigenvalue weighted by molar-refractivity contribution is -0.142. The zero-order chi connectivity index (χ0) is 14.5. The van der Waals surface area contributed by atoms with Gasteiger partial charge in [-0.15, -0.1) is 6.58 Å². The van der Waals surface area contributed by atoms with Crippen molar-refractivity contribution in [1.82, 2.24) is 5.32 Å². The van der Waals surface area contributed by atoms with Crippen LogP contribution in [0.3, 0.4) is 0 Å². The van der Waals surface area contributed by atoms with Crippen LogP contribution in [0.15, 0.2) is 36.9 Å². The van der Waals surface area contributed by atoms with Gasteiger partial charge in [-0.3, -0.25) is 4.79 Å². The minimum atomic E-state index is -1.06. The summed E-state index contributed by atoms with van der Waals surface area (Å²) < 4.78 is 5.49. The molecule has 5 heteroatoms. The molecule has 2 rings (SSSR count). The first kappa shape index (κ1) is 14.1. The van der Waals surface area contributed by atoms with Crippen molar-refractivity contribution in [2.75, 3.05) is 6.61 Å². The minimum Gasteiger partial charge on any atom is -0.493 e. The molecular formula is C15H17NO4. The van der Waals surface area contributed by atoms with E-state index in [1.165, 1.54) is 6.08 Å². The fourth-order valence-electron chi connectivity index (χ4n) is 2.27. The molecule has 1 aliphatic heterocycles. The third-order valence-corrected chi connectivity index (χ3v) is 3.29. The lowest BCUT2D eigenvalue weighted by Gasteiger charge is -2.26. The van der Waals surface area contributed by atoms with E-state index in [2.05, 4.69) is 11.9 Å². The van der Waals surface area contributed by atoms with E-state index < -0.39 is 12.0 Å². The fourth-order valence-corrected chi connectivity index (χ4v) is 2.27. The van der Waals surface area contributed by atoms with Gasteiger partial charge in [-0.05, 0) is 18.9 Å². The molecule has 0 saturated carbocycles. The molecule has 2 N–H and O–H groups in total. The average Bonchev–Trinajstić information content (AvgIpc) is 2.46. The van der Waals surface area contributed by atoms with E-state index in [4.69, 9.17) is 9.84 Å². The van der Waals surface area contributed by atoms with Crippen molar-refractivity contribution >= 4 is 11.9 Å². The minimum absolute atomic E-state index is 0.200. The van der Waals surface area contributed by atoms with Crippen molar-refractivity contribution in [2.45, 2.75) is 24.8 Å².